The zero-order valence-electron chi connectivity index (χ0n) is 12.1. The fraction of sp³-hybridized carbons (Fsp3) is 0.278. The minimum absolute atomic E-state index is 0.0409. The Labute approximate surface area is 124 Å². The van der Waals surface area contributed by atoms with Gasteiger partial charge in [0.25, 0.3) is 5.91 Å². The first-order valence-electron chi connectivity index (χ1n) is 7.28. The Hall–Kier alpha value is -2.13. The van der Waals surface area contributed by atoms with Gasteiger partial charge >= 0.3 is 0 Å². The van der Waals surface area contributed by atoms with Crippen LogP contribution in [0.1, 0.15) is 38.7 Å². The molecule has 3 nitrogen and oxygen atoms in total. The number of aliphatic hydroxyl groups is 1. The average molecular weight is 281 g/mol. The highest BCUT2D eigenvalue weighted by atomic mass is 16.3. The molecule has 3 rings (SSSR count). The first-order valence-corrected chi connectivity index (χ1v) is 7.28. The van der Waals surface area contributed by atoms with Crippen LogP contribution in [0.5, 0.6) is 0 Å². The van der Waals surface area contributed by atoms with Crippen LogP contribution in [0.2, 0.25) is 0 Å². The van der Waals surface area contributed by atoms with Gasteiger partial charge in [-0.2, -0.15) is 0 Å². The normalized spacial score (nSPS) is 15.2. The highest BCUT2D eigenvalue weighted by Gasteiger charge is 2.18. The van der Waals surface area contributed by atoms with E-state index in [0.29, 0.717) is 18.5 Å². The Bertz CT molecular complexity index is 679. The molecule has 1 aliphatic heterocycles. The van der Waals surface area contributed by atoms with Gasteiger partial charge in [0.1, 0.15) is 0 Å². The van der Waals surface area contributed by atoms with Crippen LogP contribution in [-0.2, 0) is 12.8 Å². The van der Waals surface area contributed by atoms with Crippen molar-refractivity contribution in [2.75, 3.05) is 6.54 Å². The fourth-order valence-electron chi connectivity index (χ4n) is 2.82. The SMILES string of the molecule is Cc1cccc(CC(O)c2ccc3c(c2)C(=O)NCC3)c1. The van der Waals surface area contributed by atoms with Crippen molar-refractivity contribution < 1.29 is 9.90 Å². The Morgan fingerprint density at radius 1 is 1.24 bits per heavy atom. The molecule has 0 saturated carbocycles. The molecule has 0 aliphatic carbocycles. The summed E-state index contributed by atoms with van der Waals surface area (Å²) in [5.41, 5.74) is 4.84. The Morgan fingerprint density at radius 3 is 2.90 bits per heavy atom. The van der Waals surface area contributed by atoms with Crippen LogP contribution >= 0.6 is 0 Å². The van der Waals surface area contributed by atoms with E-state index in [1.54, 1.807) is 0 Å². The monoisotopic (exact) mass is 281 g/mol. The third-order valence-electron chi connectivity index (χ3n) is 3.95. The molecule has 2 N–H and O–H groups in total. The molecule has 3 heteroatoms. The number of aliphatic hydroxyl groups excluding tert-OH is 1. The second kappa shape index (κ2) is 5.70. The third-order valence-corrected chi connectivity index (χ3v) is 3.95. The van der Waals surface area contributed by atoms with Gasteiger partial charge in [0.05, 0.1) is 6.10 Å². The second-order valence-electron chi connectivity index (χ2n) is 5.63. The molecular weight excluding hydrogens is 262 g/mol. The molecule has 0 saturated heterocycles. The Balaban J connectivity index is 1.83. The van der Waals surface area contributed by atoms with E-state index < -0.39 is 6.10 Å². The topological polar surface area (TPSA) is 49.3 Å². The van der Waals surface area contributed by atoms with Crippen LogP contribution < -0.4 is 5.32 Å². The number of rotatable bonds is 3. The Kier molecular flexibility index (Phi) is 3.76. The highest BCUT2D eigenvalue weighted by Crippen LogP contribution is 2.23. The zero-order valence-corrected chi connectivity index (χ0v) is 12.1. The lowest BCUT2D eigenvalue weighted by molar-refractivity contribution is 0.0945. The van der Waals surface area contributed by atoms with Gasteiger partial charge in [0.2, 0.25) is 0 Å². The van der Waals surface area contributed by atoms with Gasteiger partial charge in [-0.15, -0.1) is 0 Å². The number of carbonyl (C=O) groups excluding carboxylic acids is 1. The molecule has 0 aromatic heterocycles. The van der Waals surface area contributed by atoms with E-state index in [2.05, 4.69) is 11.4 Å². The summed E-state index contributed by atoms with van der Waals surface area (Å²) in [6, 6.07) is 13.8. The van der Waals surface area contributed by atoms with Crippen LogP contribution in [0.4, 0.5) is 0 Å². The predicted octanol–water partition coefficient (Wildman–Crippen LogP) is 2.56. The van der Waals surface area contributed by atoms with Crippen LogP contribution in [0.15, 0.2) is 42.5 Å². The maximum atomic E-state index is 11.9. The van der Waals surface area contributed by atoms with Crippen molar-refractivity contribution in [1.82, 2.24) is 5.32 Å². The smallest absolute Gasteiger partial charge is 0.251 e. The van der Waals surface area contributed by atoms with Crippen molar-refractivity contribution in [3.05, 3.63) is 70.3 Å². The lowest BCUT2D eigenvalue weighted by Crippen LogP contribution is -2.31. The number of benzene rings is 2. The summed E-state index contributed by atoms with van der Waals surface area (Å²) in [6.45, 7) is 2.73. The van der Waals surface area contributed by atoms with Gasteiger partial charge in [-0.3, -0.25) is 4.79 Å². The number of hydrogen-bond acceptors (Lipinski definition) is 2. The molecule has 1 unspecified atom stereocenters. The maximum Gasteiger partial charge on any atom is 0.251 e. The van der Waals surface area contributed by atoms with Crippen molar-refractivity contribution >= 4 is 5.91 Å². The number of carbonyl (C=O) groups is 1. The standard InChI is InChI=1S/C18H19NO2/c1-12-3-2-4-13(9-12)10-17(20)15-6-5-14-7-8-19-18(21)16(14)11-15/h2-6,9,11,17,20H,7-8,10H2,1H3,(H,19,21). The van der Waals surface area contributed by atoms with Gasteiger partial charge in [-0.05, 0) is 36.1 Å². The van der Waals surface area contributed by atoms with E-state index in [0.717, 1.165) is 23.1 Å². The predicted molar refractivity (Wildman–Crippen MR) is 82.3 cm³/mol. The number of aryl methyl sites for hydroxylation is 1. The van der Waals surface area contributed by atoms with Crippen LogP contribution in [0.25, 0.3) is 0 Å². The van der Waals surface area contributed by atoms with Crippen molar-refractivity contribution in [3.63, 3.8) is 0 Å². The van der Waals surface area contributed by atoms with Crippen LogP contribution in [0.3, 0.4) is 0 Å². The van der Waals surface area contributed by atoms with Crippen molar-refractivity contribution in [2.24, 2.45) is 0 Å². The molecule has 0 bridgehead atoms. The number of nitrogens with one attached hydrogen (secondary N) is 1. The molecule has 0 radical (unpaired) electrons. The Morgan fingerprint density at radius 2 is 2.10 bits per heavy atom. The van der Waals surface area contributed by atoms with Gasteiger partial charge in [0, 0.05) is 18.5 Å². The molecule has 1 amide bonds. The number of fused-ring (bicyclic) bond motifs is 1. The maximum absolute atomic E-state index is 11.9. The van der Waals surface area contributed by atoms with Gasteiger partial charge in [0.15, 0.2) is 0 Å². The molecule has 2 aromatic rings. The highest BCUT2D eigenvalue weighted by molar-refractivity contribution is 5.96. The number of amides is 1. The molecule has 21 heavy (non-hydrogen) atoms. The summed E-state index contributed by atoms with van der Waals surface area (Å²) >= 11 is 0. The quantitative estimate of drug-likeness (QED) is 0.908. The van der Waals surface area contributed by atoms with Crippen molar-refractivity contribution in [3.8, 4) is 0 Å². The summed E-state index contributed by atoms with van der Waals surface area (Å²) < 4.78 is 0. The summed E-state index contributed by atoms with van der Waals surface area (Å²) in [4.78, 5) is 11.9. The van der Waals surface area contributed by atoms with E-state index in [-0.39, 0.29) is 5.91 Å². The van der Waals surface area contributed by atoms with Crippen LogP contribution in [0, 0.1) is 6.92 Å². The largest absolute Gasteiger partial charge is 0.388 e. The average Bonchev–Trinajstić information content (AvgIpc) is 2.47. The zero-order chi connectivity index (χ0) is 14.8. The molecule has 1 atom stereocenters. The fourth-order valence-corrected chi connectivity index (χ4v) is 2.82. The lowest BCUT2D eigenvalue weighted by Gasteiger charge is -2.19. The van der Waals surface area contributed by atoms with Crippen molar-refractivity contribution in [2.45, 2.75) is 25.9 Å². The second-order valence-corrected chi connectivity index (χ2v) is 5.63. The molecule has 0 fully saturated rings. The van der Waals surface area contributed by atoms with Gasteiger partial charge in [-0.25, -0.2) is 0 Å². The molecule has 1 heterocycles. The van der Waals surface area contributed by atoms with Crippen molar-refractivity contribution in [1.29, 1.82) is 0 Å². The minimum atomic E-state index is -0.591. The molecule has 0 spiro atoms. The molecule has 2 aromatic carbocycles. The summed E-state index contributed by atoms with van der Waals surface area (Å²) in [6.07, 6.45) is 0.823. The van der Waals surface area contributed by atoms with E-state index in [1.807, 2.05) is 43.3 Å². The lowest BCUT2D eigenvalue weighted by atomic mass is 9.94. The summed E-state index contributed by atoms with van der Waals surface area (Å²) in [5.74, 6) is -0.0409. The molecule has 108 valence electrons. The molecular formula is C18H19NO2. The van der Waals surface area contributed by atoms with E-state index >= 15 is 0 Å². The summed E-state index contributed by atoms with van der Waals surface area (Å²) in [5, 5.41) is 13.3. The first kappa shape index (κ1) is 13.8. The minimum Gasteiger partial charge on any atom is -0.388 e. The first-order chi connectivity index (χ1) is 10.1. The van der Waals surface area contributed by atoms with E-state index in [1.165, 1.54) is 5.56 Å². The van der Waals surface area contributed by atoms with Crippen LogP contribution in [-0.4, -0.2) is 17.6 Å². The van der Waals surface area contributed by atoms with E-state index in [9.17, 15) is 9.90 Å². The van der Waals surface area contributed by atoms with Gasteiger partial charge < -0.3 is 10.4 Å². The van der Waals surface area contributed by atoms with Gasteiger partial charge in [-0.1, -0.05) is 42.0 Å². The van der Waals surface area contributed by atoms with E-state index in [4.69, 9.17) is 0 Å². The third kappa shape index (κ3) is 2.98. The number of hydrogen-bond donors (Lipinski definition) is 2. The summed E-state index contributed by atoms with van der Waals surface area (Å²) in [7, 11) is 0. The molecule has 1 aliphatic rings.